The summed E-state index contributed by atoms with van der Waals surface area (Å²) >= 11 is 5.35. The molecule has 20 heavy (non-hydrogen) atoms. The molecule has 2 rings (SSSR count). The average Bonchev–Trinajstić information content (AvgIpc) is 2.77. The summed E-state index contributed by atoms with van der Waals surface area (Å²) in [5, 5.41) is 2.16. The van der Waals surface area contributed by atoms with E-state index in [1.807, 2.05) is 11.3 Å². The van der Waals surface area contributed by atoms with E-state index in [4.69, 9.17) is 5.73 Å². The molecule has 2 N–H and O–H groups in total. The van der Waals surface area contributed by atoms with Crippen molar-refractivity contribution in [2.45, 2.75) is 45.7 Å². The average molecular weight is 359 g/mol. The SMILES string of the molecule is CC(C)C1CCC(N)C(CN(C)Cc2cc(Br)cs2)C1. The van der Waals surface area contributed by atoms with Crippen LogP contribution in [0.4, 0.5) is 0 Å². The molecule has 1 fully saturated rings. The first-order valence-corrected chi connectivity index (χ1v) is 9.30. The molecule has 3 atom stereocenters. The van der Waals surface area contributed by atoms with Gasteiger partial charge in [-0.05, 0) is 66.1 Å². The fourth-order valence-electron chi connectivity index (χ4n) is 3.31. The van der Waals surface area contributed by atoms with Crippen molar-refractivity contribution in [3.05, 3.63) is 20.8 Å². The van der Waals surface area contributed by atoms with Crippen molar-refractivity contribution < 1.29 is 0 Å². The zero-order valence-corrected chi connectivity index (χ0v) is 15.2. The topological polar surface area (TPSA) is 29.3 Å². The standard InChI is InChI=1S/C16H27BrN2S/c1-11(2)12-4-5-16(18)13(6-12)8-19(3)9-15-7-14(17)10-20-15/h7,10-13,16H,4-6,8-9,18H2,1-3H3. The molecule has 114 valence electrons. The molecule has 2 nitrogen and oxygen atoms in total. The number of halogens is 1. The molecule has 1 saturated carbocycles. The molecule has 1 heterocycles. The highest BCUT2D eigenvalue weighted by Crippen LogP contribution is 2.33. The highest BCUT2D eigenvalue weighted by Gasteiger charge is 2.30. The van der Waals surface area contributed by atoms with Crippen LogP contribution >= 0.6 is 27.3 Å². The molecule has 0 bridgehead atoms. The van der Waals surface area contributed by atoms with Gasteiger partial charge >= 0.3 is 0 Å². The van der Waals surface area contributed by atoms with Crippen LogP contribution in [0.5, 0.6) is 0 Å². The van der Waals surface area contributed by atoms with Gasteiger partial charge in [0.1, 0.15) is 0 Å². The predicted molar refractivity (Wildman–Crippen MR) is 92.0 cm³/mol. The third kappa shape index (κ3) is 4.55. The Morgan fingerprint density at radius 1 is 1.45 bits per heavy atom. The molecule has 1 aliphatic carbocycles. The third-order valence-corrected chi connectivity index (χ3v) is 6.30. The zero-order chi connectivity index (χ0) is 14.7. The molecule has 1 aliphatic rings. The number of hydrogen-bond donors (Lipinski definition) is 1. The van der Waals surface area contributed by atoms with E-state index >= 15 is 0 Å². The number of rotatable bonds is 5. The van der Waals surface area contributed by atoms with Gasteiger partial charge in [0.05, 0.1) is 0 Å². The van der Waals surface area contributed by atoms with Crippen LogP contribution in [0.15, 0.2) is 15.9 Å². The second-order valence-corrected chi connectivity index (χ2v) is 8.58. The minimum atomic E-state index is 0.391. The Balaban J connectivity index is 1.87. The molecule has 4 heteroatoms. The molecule has 0 saturated heterocycles. The van der Waals surface area contributed by atoms with Crippen LogP contribution < -0.4 is 5.73 Å². The van der Waals surface area contributed by atoms with Crippen LogP contribution in [-0.4, -0.2) is 24.5 Å². The van der Waals surface area contributed by atoms with Crippen molar-refractivity contribution in [2.75, 3.05) is 13.6 Å². The van der Waals surface area contributed by atoms with Crippen LogP contribution in [0, 0.1) is 17.8 Å². The Morgan fingerprint density at radius 3 is 2.80 bits per heavy atom. The van der Waals surface area contributed by atoms with Gasteiger partial charge in [0.25, 0.3) is 0 Å². The lowest BCUT2D eigenvalue weighted by atomic mass is 9.74. The quantitative estimate of drug-likeness (QED) is 0.847. The van der Waals surface area contributed by atoms with Gasteiger partial charge < -0.3 is 10.6 Å². The maximum absolute atomic E-state index is 6.36. The molecule has 0 aromatic carbocycles. The van der Waals surface area contributed by atoms with E-state index in [9.17, 15) is 0 Å². The van der Waals surface area contributed by atoms with Gasteiger partial charge in [-0.3, -0.25) is 0 Å². The fraction of sp³-hybridized carbons (Fsp3) is 0.750. The van der Waals surface area contributed by atoms with Crippen LogP contribution in [0.2, 0.25) is 0 Å². The summed E-state index contributed by atoms with van der Waals surface area (Å²) in [6.07, 6.45) is 3.82. The smallest absolute Gasteiger partial charge is 0.0325 e. The molecule has 0 radical (unpaired) electrons. The number of hydrogen-bond acceptors (Lipinski definition) is 3. The Kier molecular flexibility index (Phi) is 6.09. The van der Waals surface area contributed by atoms with Gasteiger partial charge in [0.15, 0.2) is 0 Å². The Hall–Kier alpha value is 0.1000. The zero-order valence-electron chi connectivity index (χ0n) is 12.8. The second-order valence-electron chi connectivity index (χ2n) is 6.67. The summed E-state index contributed by atoms with van der Waals surface area (Å²) in [5.41, 5.74) is 6.36. The largest absolute Gasteiger partial charge is 0.327 e. The van der Waals surface area contributed by atoms with Crippen LogP contribution in [0.25, 0.3) is 0 Å². The van der Waals surface area contributed by atoms with Crippen molar-refractivity contribution in [3.63, 3.8) is 0 Å². The monoisotopic (exact) mass is 358 g/mol. The first kappa shape index (κ1) is 16.5. The van der Waals surface area contributed by atoms with Gasteiger partial charge in [-0.25, -0.2) is 0 Å². The number of nitrogens with two attached hydrogens (primary N) is 1. The van der Waals surface area contributed by atoms with Crippen molar-refractivity contribution >= 4 is 27.3 Å². The van der Waals surface area contributed by atoms with Gasteiger partial charge in [-0.15, -0.1) is 11.3 Å². The second kappa shape index (κ2) is 7.39. The summed E-state index contributed by atoms with van der Waals surface area (Å²) < 4.78 is 1.19. The van der Waals surface area contributed by atoms with E-state index in [2.05, 4.69) is 53.2 Å². The maximum Gasteiger partial charge on any atom is 0.0325 e. The number of thiophene rings is 1. The third-order valence-electron chi connectivity index (χ3n) is 4.62. The van der Waals surface area contributed by atoms with Crippen molar-refractivity contribution in [3.8, 4) is 0 Å². The predicted octanol–water partition coefficient (Wildman–Crippen LogP) is 4.34. The molecular formula is C16H27BrN2S. The van der Waals surface area contributed by atoms with E-state index in [-0.39, 0.29) is 0 Å². The maximum atomic E-state index is 6.36. The summed E-state index contributed by atoms with van der Waals surface area (Å²) in [6.45, 7) is 6.86. The highest BCUT2D eigenvalue weighted by molar-refractivity contribution is 9.10. The summed E-state index contributed by atoms with van der Waals surface area (Å²) in [6, 6.07) is 2.61. The Bertz CT molecular complexity index is 418. The lowest BCUT2D eigenvalue weighted by Crippen LogP contribution is -2.42. The fourth-order valence-corrected chi connectivity index (χ4v) is 4.84. The lowest BCUT2D eigenvalue weighted by molar-refractivity contribution is 0.147. The van der Waals surface area contributed by atoms with Crippen molar-refractivity contribution in [1.82, 2.24) is 4.90 Å². The summed E-state index contributed by atoms with van der Waals surface area (Å²) in [5.74, 6) is 2.32. The first-order chi connectivity index (χ1) is 9.45. The van der Waals surface area contributed by atoms with Gasteiger partial charge in [0, 0.05) is 33.9 Å². The van der Waals surface area contributed by atoms with Crippen LogP contribution in [-0.2, 0) is 6.54 Å². The molecule has 1 aromatic heterocycles. The van der Waals surface area contributed by atoms with Crippen LogP contribution in [0.1, 0.15) is 38.0 Å². The van der Waals surface area contributed by atoms with E-state index in [1.165, 1.54) is 28.6 Å². The molecule has 1 aromatic rings. The summed E-state index contributed by atoms with van der Waals surface area (Å²) in [4.78, 5) is 3.86. The molecule has 0 aliphatic heterocycles. The lowest BCUT2D eigenvalue weighted by Gasteiger charge is -2.38. The van der Waals surface area contributed by atoms with Crippen molar-refractivity contribution in [2.24, 2.45) is 23.5 Å². The first-order valence-electron chi connectivity index (χ1n) is 7.62. The van der Waals surface area contributed by atoms with Crippen molar-refractivity contribution in [1.29, 1.82) is 0 Å². The highest BCUT2D eigenvalue weighted by atomic mass is 79.9. The number of nitrogens with zero attached hydrogens (tertiary/aromatic N) is 1. The van der Waals surface area contributed by atoms with Crippen LogP contribution in [0.3, 0.4) is 0 Å². The van der Waals surface area contributed by atoms with E-state index in [1.54, 1.807) is 0 Å². The van der Waals surface area contributed by atoms with Gasteiger partial charge in [-0.2, -0.15) is 0 Å². The molecule has 0 spiro atoms. The molecule has 3 unspecified atom stereocenters. The van der Waals surface area contributed by atoms with Gasteiger partial charge in [0.2, 0.25) is 0 Å². The minimum Gasteiger partial charge on any atom is -0.327 e. The normalized spacial score (nSPS) is 27.4. The Labute approximate surface area is 135 Å². The molecular weight excluding hydrogens is 332 g/mol. The minimum absolute atomic E-state index is 0.391. The van der Waals surface area contributed by atoms with E-state index in [0.717, 1.165) is 24.9 Å². The van der Waals surface area contributed by atoms with E-state index < -0.39 is 0 Å². The summed E-state index contributed by atoms with van der Waals surface area (Å²) in [7, 11) is 2.22. The molecule has 0 amide bonds. The van der Waals surface area contributed by atoms with Gasteiger partial charge in [-0.1, -0.05) is 13.8 Å². The van der Waals surface area contributed by atoms with E-state index in [0.29, 0.717) is 12.0 Å². The Morgan fingerprint density at radius 2 is 2.20 bits per heavy atom.